The molecule has 0 radical (unpaired) electrons. The van der Waals surface area contributed by atoms with Gasteiger partial charge in [0.15, 0.2) is 5.76 Å². The Bertz CT molecular complexity index is 776. The van der Waals surface area contributed by atoms with E-state index in [-0.39, 0.29) is 0 Å². The zero-order chi connectivity index (χ0) is 16.2. The highest BCUT2D eigenvalue weighted by Crippen LogP contribution is 2.23. The molecule has 3 rings (SSSR count). The number of aromatic nitrogens is 1. The van der Waals surface area contributed by atoms with E-state index in [0.29, 0.717) is 18.3 Å². The molecule has 0 aliphatic heterocycles. The van der Waals surface area contributed by atoms with Crippen molar-refractivity contribution < 1.29 is 9.26 Å². The fourth-order valence-corrected chi connectivity index (χ4v) is 2.28. The van der Waals surface area contributed by atoms with E-state index in [2.05, 4.69) is 31.1 Å². The van der Waals surface area contributed by atoms with E-state index >= 15 is 0 Å². The summed E-state index contributed by atoms with van der Waals surface area (Å²) in [4.78, 5) is 0. The molecule has 0 unspecified atom stereocenters. The normalized spacial score (nSPS) is 10.9. The van der Waals surface area contributed by atoms with Gasteiger partial charge >= 0.3 is 0 Å². The first-order chi connectivity index (χ1) is 11.1. The van der Waals surface area contributed by atoms with Crippen molar-refractivity contribution >= 4 is 5.69 Å². The molecule has 0 aliphatic rings. The predicted molar refractivity (Wildman–Crippen MR) is 91.2 cm³/mol. The van der Waals surface area contributed by atoms with Gasteiger partial charge in [-0.2, -0.15) is 0 Å². The number of ether oxygens (including phenoxy) is 1. The summed E-state index contributed by atoms with van der Waals surface area (Å²) in [5.41, 5.74) is 9.37. The van der Waals surface area contributed by atoms with Crippen LogP contribution in [0.3, 0.4) is 0 Å². The maximum Gasteiger partial charge on any atom is 0.167 e. The monoisotopic (exact) mass is 308 g/mol. The first kappa shape index (κ1) is 15.2. The van der Waals surface area contributed by atoms with Crippen molar-refractivity contribution in [3.63, 3.8) is 0 Å². The van der Waals surface area contributed by atoms with Gasteiger partial charge in [0.2, 0.25) is 0 Å². The molecule has 23 heavy (non-hydrogen) atoms. The number of rotatable bonds is 5. The second kappa shape index (κ2) is 6.57. The first-order valence-electron chi connectivity index (χ1n) is 7.66. The molecule has 2 N–H and O–H groups in total. The second-order valence-corrected chi connectivity index (χ2v) is 5.82. The standard InChI is InChI=1S/C19H20N2O2/c1-13(2)15-4-3-5-18(10-15)22-12-17-11-19(23-21-17)14-6-8-16(20)9-7-14/h3-11,13H,12,20H2,1-2H3. The lowest BCUT2D eigenvalue weighted by molar-refractivity contribution is 0.289. The molecule has 4 heteroatoms. The molecule has 2 aromatic carbocycles. The number of nitrogens with two attached hydrogens (primary N) is 1. The van der Waals surface area contributed by atoms with Crippen LogP contribution in [0.4, 0.5) is 5.69 Å². The Labute approximate surface area is 135 Å². The third-order valence-electron chi connectivity index (χ3n) is 3.67. The molecular weight excluding hydrogens is 288 g/mol. The van der Waals surface area contributed by atoms with Crippen LogP contribution in [0.2, 0.25) is 0 Å². The van der Waals surface area contributed by atoms with Crippen LogP contribution < -0.4 is 10.5 Å². The van der Waals surface area contributed by atoms with E-state index in [1.807, 2.05) is 42.5 Å². The second-order valence-electron chi connectivity index (χ2n) is 5.82. The van der Waals surface area contributed by atoms with Gasteiger partial charge < -0.3 is 15.0 Å². The molecule has 0 spiro atoms. The maximum atomic E-state index is 5.81. The Morgan fingerprint density at radius 2 is 1.87 bits per heavy atom. The van der Waals surface area contributed by atoms with Crippen molar-refractivity contribution in [1.29, 1.82) is 0 Å². The molecular formula is C19H20N2O2. The molecule has 118 valence electrons. The smallest absolute Gasteiger partial charge is 0.167 e. The highest BCUT2D eigenvalue weighted by molar-refractivity contribution is 5.60. The van der Waals surface area contributed by atoms with Gasteiger partial charge in [-0.05, 0) is 47.9 Å². The SMILES string of the molecule is CC(C)c1cccc(OCc2cc(-c3ccc(N)cc3)on2)c1. The van der Waals surface area contributed by atoms with Gasteiger partial charge in [0.25, 0.3) is 0 Å². The summed E-state index contributed by atoms with van der Waals surface area (Å²) < 4.78 is 11.2. The highest BCUT2D eigenvalue weighted by atomic mass is 16.5. The number of nitrogen functional groups attached to an aromatic ring is 1. The maximum absolute atomic E-state index is 5.81. The Morgan fingerprint density at radius 3 is 2.61 bits per heavy atom. The Morgan fingerprint density at radius 1 is 1.09 bits per heavy atom. The van der Waals surface area contributed by atoms with Crippen LogP contribution in [0, 0.1) is 0 Å². The molecule has 0 amide bonds. The number of hydrogen-bond acceptors (Lipinski definition) is 4. The van der Waals surface area contributed by atoms with Crippen molar-refractivity contribution in [2.75, 3.05) is 5.73 Å². The summed E-state index contributed by atoms with van der Waals surface area (Å²) in [6, 6.07) is 17.5. The summed E-state index contributed by atoms with van der Waals surface area (Å²) in [6.07, 6.45) is 0. The zero-order valence-corrected chi connectivity index (χ0v) is 13.3. The lowest BCUT2D eigenvalue weighted by Crippen LogP contribution is -1.96. The Kier molecular flexibility index (Phi) is 4.33. The predicted octanol–water partition coefficient (Wildman–Crippen LogP) is 4.63. The van der Waals surface area contributed by atoms with Crippen LogP contribution in [0.5, 0.6) is 5.75 Å². The summed E-state index contributed by atoms with van der Waals surface area (Å²) >= 11 is 0. The van der Waals surface area contributed by atoms with Gasteiger partial charge in [-0.15, -0.1) is 0 Å². The Balaban J connectivity index is 1.67. The molecule has 0 bridgehead atoms. The summed E-state index contributed by atoms with van der Waals surface area (Å²) in [5.74, 6) is 2.02. The summed E-state index contributed by atoms with van der Waals surface area (Å²) in [6.45, 7) is 4.70. The molecule has 0 aliphatic carbocycles. The van der Waals surface area contributed by atoms with Crippen LogP contribution >= 0.6 is 0 Å². The minimum atomic E-state index is 0.375. The molecule has 0 saturated carbocycles. The fraction of sp³-hybridized carbons (Fsp3) is 0.211. The van der Waals surface area contributed by atoms with Crippen molar-refractivity contribution in [3.8, 4) is 17.1 Å². The summed E-state index contributed by atoms with van der Waals surface area (Å²) in [7, 11) is 0. The minimum Gasteiger partial charge on any atom is -0.487 e. The van der Waals surface area contributed by atoms with E-state index < -0.39 is 0 Å². The molecule has 0 saturated heterocycles. The number of benzene rings is 2. The lowest BCUT2D eigenvalue weighted by atomic mass is 10.0. The van der Waals surface area contributed by atoms with Gasteiger partial charge in [-0.3, -0.25) is 0 Å². The van der Waals surface area contributed by atoms with Gasteiger partial charge in [0, 0.05) is 17.3 Å². The van der Waals surface area contributed by atoms with Crippen molar-refractivity contribution in [3.05, 3.63) is 65.9 Å². The van der Waals surface area contributed by atoms with Gasteiger partial charge in [-0.1, -0.05) is 31.1 Å². The van der Waals surface area contributed by atoms with E-state index in [1.165, 1.54) is 5.56 Å². The van der Waals surface area contributed by atoms with Crippen molar-refractivity contribution in [2.45, 2.75) is 26.4 Å². The third-order valence-corrected chi connectivity index (χ3v) is 3.67. The molecule has 0 atom stereocenters. The van der Waals surface area contributed by atoms with Crippen molar-refractivity contribution in [2.24, 2.45) is 0 Å². The van der Waals surface area contributed by atoms with E-state index in [9.17, 15) is 0 Å². The third kappa shape index (κ3) is 3.72. The molecule has 3 aromatic rings. The average molecular weight is 308 g/mol. The molecule has 1 heterocycles. The lowest BCUT2D eigenvalue weighted by Gasteiger charge is -2.08. The summed E-state index contributed by atoms with van der Waals surface area (Å²) in [5, 5.41) is 4.06. The molecule has 0 fully saturated rings. The van der Waals surface area contributed by atoms with E-state index in [1.54, 1.807) is 0 Å². The van der Waals surface area contributed by atoms with Crippen LogP contribution in [-0.4, -0.2) is 5.16 Å². The molecule has 4 nitrogen and oxygen atoms in total. The average Bonchev–Trinajstić information content (AvgIpc) is 3.03. The van der Waals surface area contributed by atoms with Crippen LogP contribution in [0.15, 0.2) is 59.1 Å². The zero-order valence-electron chi connectivity index (χ0n) is 13.3. The highest BCUT2D eigenvalue weighted by Gasteiger charge is 2.08. The quantitative estimate of drug-likeness (QED) is 0.698. The fourth-order valence-electron chi connectivity index (χ4n) is 2.28. The van der Waals surface area contributed by atoms with Crippen LogP contribution in [0.25, 0.3) is 11.3 Å². The van der Waals surface area contributed by atoms with Gasteiger partial charge in [-0.25, -0.2) is 0 Å². The minimum absolute atomic E-state index is 0.375. The van der Waals surface area contributed by atoms with Crippen LogP contribution in [0.1, 0.15) is 31.0 Å². The van der Waals surface area contributed by atoms with Gasteiger partial charge in [0.1, 0.15) is 18.1 Å². The van der Waals surface area contributed by atoms with Gasteiger partial charge in [0.05, 0.1) is 0 Å². The number of hydrogen-bond donors (Lipinski definition) is 1. The molecule has 1 aromatic heterocycles. The van der Waals surface area contributed by atoms with E-state index in [0.717, 1.165) is 22.7 Å². The number of anilines is 1. The van der Waals surface area contributed by atoms with E-state index in [4.69, 9.17) is 15.0 Å². The van der Waals surface area contributed by atoms with Crippen molar-refractivity contribution in [1.82, 2.24) is 5.16 Å². The number of nitrogens with zero attached hydrogens (tertiary/aromatic N) is 1. The van der Waals surface area contributed by atoms with Crippen LogP contribution in [-0.2, 0) is 6.61 Å². The topological polar surface area (TPSA) is 61.3 Å². The largest absolute Gasteiger partial charge is 0.487 e. The first-order valence-corrected chi connectivity index (χ1v) is 7.66. The Hall–Kier alpha value is -2.75.